The van der Waals surface area contributed by atoms with Crippen molar-refractivity contribution >= 4 is 34.6 Å². The molecule has 1 aromatic carbocycles. The predicted molar refractivity (Wildman–Crippen MR) is 129 cm³/mol. The number of non-ortho nitro benzene ring substituents is 1. The number of hydrogen-bond donors (Lipinski definition) is 2. The second-order valence-electron chi connectivity index (χ2n) is 7.82. The fraction of sp³-hybridized carbons (Fsp3) is 0.364. The van der Waals surface area contributed by atoms with Crippen molar-refractivity contribution in [1.82, 2.24) is 29.7 Å². The first-order valence-electron chi connectivity index (χ1n) is 11.1. The minimum atomic E-state index is -0.418. The van der Waals surface area contributed by atoms with Gasteiger partial charge >= 0.3 is 6.03 Å². The molecule has 4 rings (SSSR count). The quantitative estimate of drug-likeness (QED) is 0.294. The summed E-state index contributed by atoms with van der Waals surface area (Å²) in [7, 11) is 0. The number of rotatable bonds is 8. The SMILES string of the molecule is C=CCNc1nc(N2CCN(C(=O)NCC)CC2)nc2c1ncn2Cc1ccc([N+](=O)[O-])cc1. The number of nitrogens with zero attached hydrogens (tertiary/aromatic N) is 7. The Morgan fingerprint density at radius 1 is 1.21 bits per heavy atom. The van der Waals surface area contributed by atoms with E-state index in [9.17, 15) is 14.9 Å². The molecular weight excluding hydrogens is 438 g/mol. The molecule has 1 fully saturated rings. The van der Waals surface area contributed by atoms with E-state index >= 15 is 0 Å². The van der Waals surface area contributed by atoms with E-state index in [2.05, 4.69) is 27.1 Å². The lowest BCUT2D eigenvalue weighted by atomic mass is 10.2. The maximum Gasteiger partial charge on any atom is 0.317 e. The van der Waals surface area contributed by atoms with Crippen LogP contribution in [-0.2, 0) is 6.54 Å². The zero-order chi connectivity index (χ0) is 24.1. The van der Waals surface area contributed by atoms with Crippen LogP contribution in [0.2, 0.25) is 0 Å². The highest BCUT2D eigenvalue weighted by Gasteiger charge is 2.24. The van der Waals surface area contributed by atoms with Gasteiger partial charge in [0.25, 0.3) is 5.69 Å². The van der Waals surface area contributed by atoms with Gasteiger partial charge in [0, 0.05) is 51.4 Å². The molecule has 178 valence electrons. The Balaban J connectivity index is 1.61. The van der Waals surface area contributed by atoms with Gasteiger partial charge in [0.15, 0.2) is 17.0 Å². The van der Waals surface area contributed by atoms with Gasteiger partial charge < -0.3 is 25.0 Å². The van der Waals surface area contributed by atoms with Gasteiger partial charge in [-0.05, 0) is 12.5 Å². The first-order chi connectivity index (χ1) is 16.5. The Hall–Kier alpha value is -4.22. The smallest absolute Gasteiger partial charge is 0.317 e. The van der Waals surface area contributed by atoms with Crippen LogP contribution in [0.4, 0.5) is 22.2 Å². The van der Waals surface area contributed by atoms with Crippen molar-refractivity contribution < 1.29 is 9.72 Å². The summed E-state index contributed by atoms with van der Waals surface area (Å²) in [5.41, 5.74) is 2.22. The van der Waals surface area contributed by atoms with E-state index < -0.39 is 4.92 Å². The van der Waals surface area contributed by atoms with E-state index in [0.29, 0.717) is 68.7 Å². The molecule has 3 heterocycles. The molecule has 2 aromatic heterocycles. The molecule has 0 radical (unpaired) electrons. The molecule has 12 heteroatoms. The first kappa shape index (κ1) is 23.0. The normalized spacial score (nSPS) is 13.7. The monoisotopic (exact) mass is 465 g/mol. The van der Waals surface area contributed by atoms with Crippen LogP contribution >= 0.6 is 0 Å². The van der Waals surface area contributed by atoms with Crippen LogP contribution in [0.1, 0.15) is 12.5 Å². The van der Waals surface area contributed by atoms with Gasteiger partial charge in [0.05, 0.1) is 17.8 Å². The molecule has 1 aliphatic rings. The Labute approximate surface area is 196 Å². The minimum Gasteiger partial charge on any atom is -0.365 e. The Bertz CT molecular complexity index is 1180. The van der Waals surface area contributed by atoms with E-state index in [-0.39, 0.29) is 11.7 Å². The summed E-state index contributed by atoms with van der Waals surface area (Å²) in [6, 6.07) is 6.36. The van der Waals surface area contributed by atoms with E-state index in [0.717, 1.165) is 5.56 Å². The topological polar surface area (TPSA) is 134 Å². The van der Waals surface area contributed by atoms with Crippen molar-refractivity contribution in [1.29, 1.82) is 0 Å². The average molecular weight is 466 g/mol. The van der Waals surface area contributed by atoms with Crippen LogP contribution in [0.25, 0.3) is 11.2 Å². The van der Waals surface area contributed by atoms with Gasteiger partial charge in [-0.25, -0.2) is 9.78 Å². The lowest BCUT2D eigenvalue weighted by Gasteiger charge is -2.34. The zero-order valence-corrected chi connectivity index (χ0v) is 19.0. The number of fused-ring (bicyclic) bond motifs is 1. The number of nitro groups is 1. The van der Waals surface area contributed by atoms with Crippen molar-refractivity contribution in [3.8, 4) is 0 Å². The number of hydrogen-bond acceptors (Lipinski definition) is 8. The highest BCUT2D eigenvalue weighted by Crippen LogP contribution is 2.24. The van der Waals surface area contributed by atoms with E-state index in [1.54, 1.807) is 29.4 Å². The molecule has 1 aliphatic heterocycles. The number of nitro benzene ring substituents is 1. The summed E-state index contributed by atoms with van der Waals surface area (Å²) in [6.07, 6.45) is 3.43. The molecule has 2 amide bonds. The van der Waals surface area contributed by atoms with Gasteiger partial charge in [-0.2, -0.15) is 9.97 Å². The molecule has 0 aliphatic carbocycles. The fourth-order valence-electron chi connectivity index (χ4n) is 3.77. The third-order valence-corrected chi connectivity index (χ3v) is 5.54. The Morgan fingerprint density at radius 2 is 1.94 bits per heavy atom. The molecule has 0 spiro atoms. The third-order valence-electron chi connectivity index (χ3n) is 5.54. The number of nitrogens with one attached hydrogen (secondary N) is 2. The Morgan fingerprint density at radius 3 is 2.59 bits per heavy atom. The number of piperazine rings is 1. The van der Waals surface area contributed by atoms with Crippen LogP contribution in [0.5, 0.6) is 0 Å². The number of anilines is 2. The molecule has 12 nitrogen and oxygen atoms in total. The lowest BCUT2D eigenvalue weighted by molar-refractivity contribution is -0.384. The highest BCUT2D eigenvalue weighted by molar-refractivity contribution is 5.84. The number of imidazole rings is 1. The van der Waals surface area contributed by atoms with Gasteiger partial charge in [0.1, 0.15) is 0 Å². The van der Waals surface area contributed by atoms with Crippen molar-refractivity contribution in [2.24, 2.45) is 0 Å². The Kier molecular flexibility index (Phi) is 6.85. The molecule has 0 saturated carbocycles. The van der Waals surface area contributed by atoms with Crippen LogP contribution in [0.3, 0.4) is 0 Å². The summed E-state index contributed by atoms with van der Waals surface area (Å²) in [5.74, 6) is 1.16. The van der Waals surface area contributed by atoms with Gasteiger partial charge in [-0.1, -0.05) is 18.2 Å². The minimum absolute atomic E-state index is 0.0477. The first-order valence-corrected chi connectivity index (χ1v) is 11.1. The van der Waals surface area contributed by atoms with Crippen molar-refractivity contribution in [3.05, 3.63) is 58.9 Å². The molecule has 3 aromatic rings. The predicted octanol–water partition coefficient (Wildman–Crippen LogP) is 2.23. The van der Waals surface area contributed by atoms with Gasteiger partial charge in [-0.15, -0.1) is 6.58 Å². The summed E-state index contributed by atoms with van der Waals surface area (Å²) in [6.45, 7) is 9.59. The third kappa shape index (κ3) is 4.90. The van der Waals surface area contributed by atoms with Crippen molar-refractivity contribution in [3.63, 3.8) is 0 Å². The van der Waals surface area contributed by atoms with Crippen LogP contribution in [0, 0.1) is 10.1 Å². The van der Waals surface area contributed by atoms with Crippen LogP contribution in [0.15, 0.2) is 43.2 Å². The molecule has 2 N–H and O–H groups in total. The van der Waals surface area contributed by atoms with Crippen LogP contribution < -0.4 is 15.5 Å². The number of amides is 2. The highest BCUT2D eigenvalue weighted by atomic mass is 16.6. The number of carbonyl (C=O) groups is 1. The zero-order valence-electron chi connectivity index (χ0n) is 19.0. The standard InChI is InChI=1S/C22H27N9O3/c1-3-9-24-19-18-20(30(15-25-18)14-16-5-7-17(8-6-16)31(33)34)27-21(26-19)28-10-12-29(13-11-28)22(32)23-4-2/h3,5-8,15H,1,4,9-14H2,2H3,(H,23,32)(H,24,26,27). The van der Waals surface area contributed by atoms with Crippen molar-refractivity contribution in [2.75, 3.05) is 49.5 Å². The van der Waals surface area contributed by atoms with E-state index in [1.807, 2.05) is 11.5 Å². The van der Waals surface area contributed by atoms with E-state index in [4.69, 9.17) is 9.97 Å². The second-order valence-corrected chi connectivity index (χ2v) is 7.82. The molecule has 0 unspecified atom stereocenters. The maximum atomic E-state index is 12.1. The van der Waals surface area contributed by atoms with Crippen molar-refractivity contribution in [2.45, 2.75) is 13.5 Å². The molecule has 0 bridgehead atoms. The largest absolute Gasteiger partial charge is 0.365 e. The molecule has 1 saturated heterocycles. The average Bonchev–Trinajstić information content (AvgIpc) is 3.25. The summed E-state index contributed by atoms with van der Waals surface area (Å²) >= 11 is 0. The van der Waals surface area contributed by atoms with Crippen LogP contribution in [-0.4, -0.2) is 74.6 Å². The summed E-state index contributed by atoms with van der Waals surface area (Å²) < 4.78 is 1.89. The molecule has 0 atom stereocenters. The number of urea groups is 1. The molecular formula is C22H27N9O3. The number of aromatic nitrogens is 4. The van der Waals surface area contributed by atoms with Gasteiger partial charge in [-0.3, -0.25) is 10.1 Å². The molecule has 34 heavy (non-hydrogen) atoms. The fourth-order valence-corrected chi connectivity index (χ4v) is 3.77. The second kappa shape index (κ2) is 10.1. The van der Waals surface area contributed by atoms with E-state index in [1.165, 1.54) is 12.1 Å². The number of benzene rings is 1. The lowest BCUT2D eigenvalue weighted by Crippen LogP contribution is -2.52. The number of carbonyl (C=O) groups excluding carboxylic acids is 1. The maximum absolute atomic E-state index is 12.1. The summed E-state index contributed by atoms with van der Waals surface area (Å²) in [5, 5.41) is 17.0. The summed E-state index contributed by atoms with van der Waals surface area (Å²) in [4.78, 5) is 40.5. The van der Waals surface area contributed by atoms with Gasteiger partial charge in [0.2, 0.25) is 5.95 Å².